The fourth-order valence-corrected chi connectivity index (χ4v) is 2.97. The summed E-state index contributed by atoms with van der Waals surface area (Å²) in [7, 11) is 0. The molecular weight excluding hydrogens is 376 g/mol. The van der Waals surface area contributed by atoms with Gasteiger partial charge in [0.1, 0.15) is 48.8 Å². The summed E-state index contributed by atoms with van der Waals surface area (Å²) in [4.78, 5) is 0. The predicted octanol–water partition coefficient (Wildman–Crippen LogP) is -4.44. The Morgan fingerprint density at radius 2 is 1.31 bits per heavy atom. The molecule has 154 valence electrons. The summed E-state index contributed by atoms with van der Waals surface area (Å²) in [5, 5.41) is 68.7. The maximum absolute atomic E-state index is 10.3. The first kappa shape index (κ1) is 22.2. The minimum atomic E-state index is -1.70. The molecule has 2 saturated heterocycles. The summed E-state index contributed by atoms with van der Waals surface area (Å²) in [5.74, 6) is 0.345. The first-order valence-corrected chi connectivity index (χ1v) is 8.79. The molecule has 0 radical (unpaired) electrons. The molecule has 0 aromatic carbocycles. The summed E-state index contributed by atoms with van der Waals surface area (Å²) in [6.45, 7) is -1.12. The Morgan fingerprint density at radius 3 is 1.88 bits per heavy atom. The zero-order chi connectivity index (χ0) is 19.4. The Balaban J connectivity index is 2.09. The van der Waals surface area contributed by atoms with Crippen molar-refractivity contribution in [1.29, 1.82) is 0 Å². The Labute approximate surface area is 155 Å². The highest BCUT2D eigenvalue weighted by atomic mass is 32.1. The van der Waals surface area contributed by atoms with E-state index in [1.54, 1.807) is 0 Å². The molecule has 2 rings (SSSR count). The molecule has 2 fully saturated rings. The van der Waals surface area contributed by atoms with Crippen LogP contribution in [0.25, 0.3) is 0 Å². The van der Waals surface area contributed by atoms with Gasteiger partial charge in [-0.3, -0.25) is 0 Å². The standard InChI is InChI=1S/C14H26O11S/c15-3-5-7(17)8(18)10(20)14(23-5)25-12-6(4-16)24-13(22-1-2-26)11(21)9(12)19/h5-21,26H,1-4H2/t5-,6-,7-,8+,9-,10-,11-,12-,13-,14+/m1/s1. The molecule has 2 aliphatic rings. The molecule has 2 heterocycles. The molecule has 10 atom stereocenters. The monoisotopic (exact) mass is 402 g/mol. The lowest BCUT2D eigenvalue weighted by molar-refractivity contribution is -0.359. The number of ether oxygens (including phenoxy) is 4. The maximum atomic E-state index is 10.3. The van der Waals surface area contributed by atoms with E-state index in [1.165, 1.54) is 0 Å². The van der Waals surface area contributed by atoms with Gasteiger partial charge in [0.25, 0.3) is 0 Å². The molecule has 7 N–H and O–H groups in total. The van der Waals surface area contributed by atoms with Crippen LogP contribution in [0.4, 0.5) is 0 Å². The number of hydrogen-bond donors (Lipinski definition) is 8. The Hall–Kier alpha value is -0.0900. The number of hydrogen-bond acceptors (Lipinski definition) is 12. The average Bonchev–Trinajstić information content (AvgIpc) is 2.64. The van der Waals surface area contributed by atoms with Crippen molar-refractivity contribution in [1.82, 2.24) is 0 Å². The van der Waals surface area contributed by atoms with Gasteiger partial charge in [-0.15, -0.1) is 0 Å². The van der Waals surface area contributed by atoms with Crippen molar-refractivity contribution in [2.45, 2.75) is 61.4 Å². The molecule has 12 heteroatoms. The van der Waals surface area contributed by atoms with Gasteiger partial charge in [-0.25, -0.2) is 0 Å². The SMILES string of the molecule is OC[C@H]1O[C@@H](O[C@H]2[C@H](O)[C@@H](O)[C@H](OCCS)O[C@@H]2CO)[C@H](O)[C@@H](O)[C@@H]1O. The van der Waals surface area contributed by atoms with Crippen molar-refractivity contribution in [3.8, 4) is 0 Å². The second kappa shape index (κ2) is 9.91. The first-order valence-electron chi connectivity index (χ1n) is 8.16. The summed E-state index contributed by atoms with van der Waals surface area (Å²) < 4.78 is 21.2. The van der Waals surface area contributed by atoms with Gasteiger partial charge < -0.3 is 54.7 Å². The van der Waals surface area contributed by atoms with Gasteiger partial charge in [0.15, 0.2) is 12.6 Å². The van der Waals surface area contributed by atoms with Crippen molar-refractivity contribution in [2.75, 3.05) is 25.6 Å². The molecule has 11 nitrogen and oxygen atoms in total. The van der Waals surface area contributed by atoms with E-state index >= 15 is 0 Å². The van der Waals surface area contributed by atoms with Crippen LogP contribution in [0.5, 0.6) is 0 Å². The first-order chi connectivity index (χ1) is 12.3. The van der Waals surface area contributed by atoms with E-state index in [1.807, 2.05) is 0 Å². The second-order valence-electron chi connectivity index (χ2n) is 6.10. The molecule has 0 aromatic rings. The minimum absolute atomic E-state index is 0.133. The lowest BCUT2D eigenvalue weighted by atomic mass is 9.97. The smallest absolute Gasteiger partial charge is 0.187 e. The highest BCUT2D eigenvalue weighted by Crippen LogP contribution is 2.29. The van der Waals surface area contributed by atoms with Gasteiger partial charge in [-0.05, 0) is 0 Å². The van der Waals surface area contributed by atoms with Crippen LogP contribution in [-0.4, -0.2) is 123 Å². The molecule has 0 spiro atoms. The van der Waals surface area contributed by atoms with Crippen LogP contribution >= 0.6 is 12.6 Å². The maximum Gasteiger partial charge on any atom is 0.187 e. The van der Waals surface area contributed by atoms with Crippen LogP contribution in [0.2, 0.25) is 0 Å². The van der Waals surface area contributed by atoms with Crippen molar-refractivity contribution < 1.29 is 54.7 Å². The van der Waals surface area contributed by atoms with Crippen molar-refractivity contribution in [2.24, 2.45) is 0 Å². The third-order valence-corrected chi connectivity index (χ3v) is 4.52. The van der Waals surface area contributed by atoms with Crippen LogP contribution in [-0.2, 0) is 18.9 Å². The van der Waals surface area contributed by atoms with E-state index in [4.69, 9.17) is 18.9 Å². The Bertz CT molecular complexity index is 426. The fourth-order valence-electron chi connectivity index (χ4n) is 2.86. The highest BCUT2D eigenvalue weighted by Gasteiger charge is 2.50. The van der Waals surface area contributed by atoms with E-state index in [0.29, 0.717) is 5.75 Å². The summed E-state index contributed by atoms with van der Waals surface area (Å²) in [6.07, 6.45) is -14.5. The highest BCUT2D eigenvalue weighted by molar-refractivity contribution is 7.80. The number of thiol groups is 1. The molecule has 0 saturated carbocycles. The van der Waals surface area contributed by atoms with Gasteiger partial charge in [0.2, 0.25) is 0 Å². The number of aliphatic hydroxyl groups excluding tert-OH is 7. The third-order valence-electron chi connectivity index (χ3n) is 4.33. The van der Waals surface area contributed by atoms with Crippen molar-refractivity contribution in [3.05, 3.63) is 0 Å². The van der Waals surface area contributed by atoms with Crippen LogP contribution in [0.1, 0.15) is 0 Å². The van der Waals surface area contributed by atoms with Gasteiger partial charge in [0.05, 0.1) is 19.8 Å². The van der Waals surface area contributed by atoms with Crippen molar-refractivity contribution in [3.63, 3.8) is 0 Å². The zero-order valence-corrected chi connectivity index (χ0v) is 14.7. The van der Waals surface area contributed by atoms with Crippen LogP contribution in [0, 0.1) is 0 Å². The molecule has 0 bridgehead atoms. The van der Waals surface area contributed by atoms with Gasteiger partial charge in [-0.2, -0.15) is 12.6 Å². The molecule has 0 aliphatic carbocycles. The Morgan fingerprint density at radius 1 is 0.731 bits per heavy atom. The van der Waals surface area contributed by atoms with Gasteiger partial charge in [-0.1, -0.05) is 0 Å². The largest absolute Gasteiger partial charge is 0.394 e. The summed E-state index contributed by atoms with van der Waals surface area (Å²) >= 11 is 3.96. The summed E-state index contributed by atoms with van der Waals surface area (Å²) in [5.41, 5.74) is 0. The van der Waals surface area contributed by atoms with E-state index in [-0.39, 0.29) is 6.61 Å². The van der Waals surface area contributed by atoms with E-state index < -0.39 is 74.6 Å². The Kier molecular flexibility index (Phi) is 8.46. The zero-order valence-electron chi connectivity index (χ0n) is 13.8. The molecule has 2 aliphatic heterocycles. The van der Waals surface area contributed by atoms with E-state index in [2.05, 4.69) is 12.6 Å². The summed E-state index contributed by atoms with van der Waals surface area (Å²) in [6, 6.07) is 0. The van der Waals surface area contributed by atoms with E-state index in [0.717, 1.165) is 0 Å². The van der Waals surface area contributed by atoms with Crippen molar-refractivity contribution >= 4 is 12.6 Å². The number of aliphatic hydroxyl groups is 7. The molecule has 0 aromatic heterocycles. The van der Waals surface area contributed by atoms with Gasteiger partial charge in [0, 0.05) is 5.75 Å². The second-order valence-corrected chi connectivity index (χ2v) is 6.55. The molecule has 0 amide bonds. The lowest BCUT2D eigenvalue weighted by Crippen LogP contribution is -2.64. The normalized spacial score (nSPS) is 47.1. The van der Waals surface area contributed by atoms with Crippen LogP contribution < -0.4 is 0 Å². The molecular formula is C14H26O11S. The quantitative estimate of drug-likeness (QED) is 0.193. The third kappa shape index (κ3) is 4.66. The fraction of sp³-hybridized carbons (Fsp3) is 1.00. The minimum Gasteiger partial charge on any atom is -0.394 e. The molecule has 26 heavy (non-hydrogen) atoms. The van der Waals surface area contributed by atoms with Gasteiger partial charge >= 0.3 is 0 Å². The lowest BCUT2D eigenvalue weighted by Gasteiger charge is -2.45. The topological polar surface area (TPSA) is 179 Å². The molecule has 0 unspecified atom stereocenters. The number of rotatable bonds is 7. The van der Waals surface area contributed by atoms with E-state index in [9.17, 15) is 35.7 Å². The van der Waals surface area contributed by atoms with Crippen LogP contribution in [0.3, 0.4) is 0 Å². The van der Waals surface area contributed by atoms with Crippen LogP contribution in [0.15, 0.2) is 0 Å². The predicted molar refractivity (Wildman–Crippen MR) is 86.2 cm³/mol. The average molecular weight is 402 g/mol.